The maximum atomic E-state index is 2.71. The molecule has 0 aliphatic carbocycles. The summed E-state index contributed by atoms with van der Waals surface area (Å²) < 4.78 is 0. The van der Waals surface area contributed by atoms with Crippen molar-refractivity contribution >= 4 is 0 Å². The minimum Gasteiger partial charge on any atom is -0.295 e. The number of nitrogens with zero attached hydrogens (tertiary/aromatic N) is 1. The highest BCUT2D eigenvalue weighted by atomic mass is 15.2. The van der Waals surface area contributed by atoms with Gasteiger partial charge in [-0.15, -0.1) is 0 Å². The van der Waals surface area contributed by atoms with Crippen molar-refractivity contribution < 1.29 is 0 Å². The van der Waals surface area contributed by atoms with Gasteiger partial charge in [-0.05, 0) is 54.5 Å². The maximum absolute atomic E-state index is 2.71. The van der Waals surface area contributed by atoms with Crippen LogP contribution in [-0.2, 0) is 6.42 Å². The van der Waals surface area contributed by atoms with E-state index >= 15 is 0 Å². The number of unbranched alkanes of at least 4 members (excludes halogenated alkanes) is 1. The molecule has 1 nitrogen and oxygen atoms in total. The number of hydrogen-bond acceptors (Lipinski definition) is 1. The summed E-state index contributed by atoms with van der Waals surface area (Å²) in [5, 5.41) is 0. The van der Waals surface area contributed by atoms with E-state index in [0.717, 1.165) is 0 Å². The van der Waals surface area contributed by atoms with E-state index in [-0.39, 0.29) is 0 Å². The minimum atomic E-state index is 0.542. The fourth-order valence-corrected chi connectivity index (χ4v) is 4.44. The third-order valence-electron chi connectivity index (χ3n) is 5.71. The van der Waals surface area contributed by atoms with Crippen LogP contribution in [0.1, 0.15) is 66.8 Å². The molecule has 2 aliphatic heterocycles. The third kappa shape index (κ3) is 2.83. The molecule has 1 fully saturated rings. The molecule has 0 spiro atoms. The molecule has 1 heteroatoms. The molecule has 0 unspecified atom stereocenters. The zero-order chi connectivity index (χ0) is 15.6. The molecule has 4 rings (SSSR count). The molecule has 0 radical (unpaired) electrons. The molecule has 120 valence electrons. The highest BCUT2D eigenvalue weighted by Crippen LogP contribution is 2.43. The summed E-state index contributed by atoms with van der Waals surface area (Å²) in [5.74, 6) is 0.542. The zero-order valence-corrected chi connectivity index (χ0v) is 14.2. The smallest absolute Gasteiger partial charge is 0.0351 e. The molecule has 2 aliphatic rings. The zero-order valence-electron chi connectivity index (χ0n) is 14.2. The summed E-state index contributed by atoms with van der Waals surface area (Å²) in [6.07, 6.45) is 6.46. The van der Waals surface area contributed by atoms with Crippen LogP contribution in [0.25, 0.3) is 0 Å². The van der Waals surface area contributed by atoms with Crippen molar-refractivity contribution in [2.45, 2.75) is 51.0 Å². The summed E-state index contributed by atoms with van der Waals surface area (Å²) in [7, 11) is 0. The fourth-order valence-electron chi connectivity index (χ4n) is 4.44. The van der Waals surface area contributed by atoms with E-state index in [1.807, 2.05) is 0 Å². The van der Waals surface area contributed by atoms with E-state index in [1.165, 1.54) is 56.3 Å². The van der Waals surface area contributed by atoms with Crippen molar-refractivity contribution in [1.82, 2.24) is 4.90 Å². The van der Waals surface area contributed by atoms with E-state index < -0.39 is 0 Å². The van der Waals surface area contributed by atoms with Gasteiger partial charge in [-0.3, -0.25) is 4.90 Å². The summed E-state index contributed by atoms with van der Waals surface area (Å²) in [6, 6.07) is 19.3. The first kappa shape index (κ1) is 15.0. The molecule has 0 aromatic heterocycles. The van der Waals surface area contributed by atoms with Gasteiger partial charge in [0.05, 0.1) is 0 Å². The molecule has 2 atom stereocenters. The van der Waals surface area contributed by atoms with Crippen LogP contribution in [0.15, 0.2) is 48.5 Å². The van der Waals surface area contributed by atoms with Crippen molar-refractivity contribution in [2.24, 2.45) is 0 Å². The van der Waals surface area contributed by atoms with E-state index in [4.69, 9.17) is 0 Å². The predicted molar refractivity (Wildman–Crippen MR) is 96.9 cm³/mol. The molecule has 2 aromatic rings. The topological polar surface area (TPSA) is 3.24 Å². The Hall–Kier alpha value is -1.60. The van der Waals surface area contributed by atoms with Crippen LogP contribution in [-0.4, -0.2) is 18.0 Å². The summed E-state index contributed by atoms with van der Waals surface area (Å²) >= 11 is 0. The molecule has 0 N–H and O–H groups in total. The molecule has 2 aromatic carbocycles. The van der Waals surface area contributed by atoms with Gasteiger partial charge in [-0.25, -0.2) is 0 Å². The van der Waals surface area contributed by atoms with Crippen LogP contribution in [0.5, 0.6) is 0 Å². The molecule has 0 bridgehead atoms. The van der Waals surface area contributed by atoms with Crippen molar-refractivity contribution in [2.75, 3.05) is 13.1 Å². The predicted octanol–water partition coefficient (Wildman–Crippen LogP) is 5.31. The van der Waals surface area contributed by atoms with Gasteiger partial charge in [0, 0.05) is 18.5 Å². The van der Waals surface area contributed by atoms with Gasteiger partial charge in [-0.2, -0.15) is 0 Å². The van der Waals surface area contributed by atoms with Crippen molar-refractivity contribution in [3.63, 3.8) is 0 Å². The van der Waals surface area contributed by atoms with Crippen molar-refractivity contribution in [3.05, 3.63) is 70.8 Å². The van der Waals surface area contributed by atoms with E-state index in [1.54, 1.807) is 11.1 Å². The number of benzene rings is 2. The molecule has 2 heterocycles. The van der Waals surface area contributed by atoms with Crippen LogP contribution < -0.4 is 0 Å². The summed E-state index contributed by atoms with van der Waals surface area (Å²) in [4.78, 5) is 2.71. The van der Waals surface area contributed by atoms with E-state index in [9.17, 15) is 0 Å². The van der Waals surface area contributed by atoms with Crippen molar-refractivity contribution in [3.8, 4) is 0 Å². The lowest BCUT2D eigenvalue weighted by Crippen LogP contribution is -2.34. The monoisotopic (exact) mass is 305 g/mol. The summed E-state index contributed by atoms with van der Waals surface area (Å²) in [6.45, 7) is 4.72. The number of rotatable bonds is 4. The summed E-state index contributed by atoms with van der Waals surface area (Å²) in [5.41, 5.74) is 6.12. The Balaban J connectivity index is 1.65. The Labute approximate surface area is 140 Å². The number of fused-ring (bicyclic) bond motifs is 3. The minimum absolute atomic E-state index is 0.542. The maximum Gasteiger partial charge on any atom is 0.0351 e. The van der Waals surface area contributed by atoms with Gasteiger partial charge in [-0.1, -0.05) is 61.9 Å². The second-order valence-corrected chi connectivity index (χ2v) is 7.18. The molecule has 23 heavy (non-hydrogen) atoms. The highest BCUT2D eigenvalue weighted by Gasteiger charge is 2.35. The molecule has 0 amide bonds. The first-order valence-electron chi connectivity index (χ1n) is 9.28. The van der Waals surface area contributed by atoms with Gasteiger partial charge < -0.3 is 0 Å². The molecule has 1 saturated heterocycles. The largest absolute Gasteiger partial charge is 0.295 e. The Morgan fingerprint density at radius 2 is 1.78 bits per heavy atom. The lowest BCUT2D eigenvalue weighted by Gasteiger charge is -2.37. The van der Waals surface area contributed by atoms with Crippen LogP contribution in [0.2, 0.25) is 0 Å². The Morgan fingerprint density at radius 1 is 1.00 bits per heavy atom. The average molecular weight is 305 g/mol. The van der Waals surface area contributed by atoms with Crippen molar-refractivity contribution in [1.29, 1.82) is 0 Å². The van der Waals surface area contributed by atoms with Gasteiger partial charge in [0.15, 0.2) is 0 Å². The van der Waals surface area contributed by atoms with Crippen LogP contribution >= 0.6 is 0 Å². The van der Waals surface area contributed by atoms with Gasteiger partial charge >= 0.3 is 0 Å². The van der Waals surface area contributed by atoms with Crippen LogP contribution in [0.4, 0.5) is 0 Å². The lowest BCUT2D eigenvalue weighted by molar-refractivity contribution is 0.230. The van der Waals surface area contributed by atoms with Gasteiger partial charge in [0.1, 0.15) is 0 Å². The number of hydrogen-bond donors (Lipinski definition) is 0. The first-order valence-corrected chi connectivity index (χ1v) is 9.28. The third-order valence-corrected chi connectivity index (χ3v) is 5.71. The SMILES string of the molecule is CCCCc1ccc([C@@H]2CN3CCC[C@@H]3c3ccccc32)cc1. The first-order chi connectivity index (χ1) is 11.4. The number of aryl methyl sites for hydroxylation is 1. The van der Waals surface area contributed by atoms with Crippen LogP contribution in [0.3, 0.4) is 0 Å². The van der Waals surface area contributed by atoms with E-state index in [0.29, 0.717) is 12.0 Å². The molecule has 0 saturated carbocycles. The quantitative estimate of drug-likeness (QED) is 0.739. The average Bonchev–Trinajstić information content (AvgIpc) is 3.08. The Morgan fingerprint density at radius 3 is 2.57 bits per heavy atom. The Bertz CT molecular complexity index is 658. The molecular formula is C22H27N. The standard InChI is InChI=1S/C22H27N/c1-2-3-7-17-11-13-18(14-12-17)21-16-23-15-6-10-22(23)20-9-5-4-8-19(20)21/h4-5,8-9,11-14,21-22H,2-3,6-7,10,15-16H2,1H3/t21-,22+/m0/s1. The Kier molecular flexibility index (Phi) is 4.22. The normalized spacial score (nSPS) is 23.5. The van der Waals surface area contributed by atoms with E-state index in [2.05, 4.69) is 60.4 Å². The fraction of sp³-hybridized carbons (Fsp3) is 0.455. The lowest BCUT2D eigenvalue weighted by atomic mass is 9.81. The second-order valence-electron chi connectivity index (χ2n) is 7.18. The molecular weight excluding hydrogens is 278 g/mol. The van der Waals surface area contributed by atoms with Gasteiger partial charge in [0.25, 0.3) is 0 Å². The highest BCUT2D eigenvalue weighted by molar-refractivity contribution is 5.43. The second kappa shape index (κ2) is 6.49. The van der Waals surface area contributed by atoms with Gasteiger partial charge in [0.2, 0.25) is 0 Å². The van der Waals surface area contributed by atoms with Crippen LogP contribution in [0, 0.1) is 0 Å².